The molecule has 0 fully saturated rings. The Morgan fingerprint density at radius 3 is 2.65 bits per heavy atom. The monoisotopic (exact) mass is 292 g/mol. The van der Waals surface area contributed by atoms with E-state index in [0.29, 0.717) is 9.88 Å². The van der Waals surface area contributed by atoms with Crippen molar-refractivity contribution in [2.24, 2.45) is 0 Å². The lowest BCUT2D eigenvalue weighted by atomic mass is 10.2. The van der Waals surface area contributed by atoms with E-state index in [0.717, 1.165) is 5.56 Å². The summed E-state index contributed by atoms with van der Waals surface area (Å²) in [6.45, 7) is 5.65. The third-order valence-electron chi connectivity index (χ3n) is 2.53. The lowest BCUT2D eigenvalue weighted by Gasteiger charge is -2.06. The van der Waals surface area contributed by atoms with Crippen LogP contribution in [0.3, 0.4) is 0 Å². The summed E-state index contributed by atoms with van der Waals surface area (Å²) < 4.78 is 5.02. The highest BCUT2D eigenvalue weighted by molar-refractivity contribution is 7.18. The Labute approximate surface area is 121 Å². The van der Waals surface area contributed by atoms with Gasteiger partial charge >= 0.3 is 0 Å². The predicted octanol–water partition coefficient (Wildman–Crippen LogP) is 3.04. The van der Waals surface area contributed by atoms with Crippen LogP contribution in [0.25, 0.3) is 0 Å². The number of nitrogens with one attached hydrogen (secondary N) is 2. The number of hydrogen-bond acceptors (Lipinski definition) is 4. The third kappa shape index (κ3) is 3.27. The van der Waals surface area contributed by atoms with Crippen molar-refractivity contribution in [1.29, 1.82) is 0 Å². The molecule has 0 atom stereocenters. The van der Waals surface area contributed by atoms with Crippen molar-refractivity contribution in [1.82, 2.24) is 5.32 Å². The van der Waals surface area contributed by atoms with Crippen LogP contribution < -0.4 is 10.6 Å². The molecule has 2 rings (SSSR count). The number of rotatable bonds is 4. The number of anilines is 1. The van der Waals surface area contributed by atoms with E-state index in [1.807, 2.05) is 20.8 Å². The van der Waals surface area contributed by atoms with Crippen molar-refractivity contribution < 1.29 is 14.0 Å². The Bertz CT molecular complexity index is 614. The number of furan rings is 1. The van der Waals surface area contributed by atoms with Crippen molar-refractivity contribution in [2.75, 3.05) is 5.32 Å². The largest absolute Gasteiger partial charge is 0.459 e. The first-order chi connectivity index (χ1) is 9.47. The zero-order valence-electron chi connectivity index (χ0n) is 11.5. The molecule has 0 unspecified atom stereocenters. The minimum Gasteiger partial charge on any atom is -0.459 e. The Balaban J connectivity index is 2.11. The molecule has 106 valence electrons. The first kappa shape index (κ1) is 14.3. The van der Waals surface area contributed by atoms with Gasteiger partial charge in [-0.25, -0.2) is 0 Å². The normalized spacial score (nSPS) is 10.6. The SMILES string of the molecule is Cc1cc(NC(=O)c2ccco2)sc1C(=O)NC(C)C. The van der Waals surface area contributed by atoms with Crippen molar-refractivity contribution >= 4 is 28.2 Å². The quantitative estimate of drug-likeness (QED) is 0.909. The van der Waals surface area contributed by atoms with Gasteiger partial charge < -0.3 is 15.1 Å². The minimum atomic E-state index is -0.327. The molecular formula is C14H16N2O3S. The second-order valence-corrected chi connectivity index (χ2v) is 5.73. The highest BCUT2D eigenvalue weighted by Crippen LogP contribution is 2.27. The van der Waals surface area contributed by atoms with E-state index < -0.39 is 0 Å². The molecule has 0 aliphatic carbocycles. The van der Waals surface area contributed by atoms with Gasteiger partial charge in [-0.1, -0.05) is 0 Å². The van der Waals surface area contributed by atoms with E-state index in [4.69, 9.17) is 4.42 Å². The van der Waals surface area contributed by atoms with Crippen LogP contribution in [-0.4, -0.2) is 17.9 Å². The molecule has 2 aromatic heterocycles. The summed E-state index contributed by atoms with van der Waals surface area (Å²) in [5.74, 6) is -0.211. The molecule has 0 spiro atoms. The summed E-state index contributed by atoms with van der Waals surface area (Å²) in [5.41, 5.74) is 0.836. The number of amides is 2. The van der Waals surface area contributed by atoms with E-state index >= 15 is 0 Å². The van der Waals surface area contributed by atoms with Gasteiger partial charge in [0, 0.05) is 6.04 Å². The van der Waals surface area contributed by atoms with Gasteiger partial charge in [-0.3, -0.25) is 9.59 Å². The fourth-order valence-electron chi connectivity index (χ4n) is 1.68. The molecule has 0 saturated carbocycles. The van der Waals surface area contributed by atoms with Crippen LogP contribution in [0.2, 0.25) is 0 Å². The zero-order chi connectivity index (χ0) is 14.7. The van der Waals surface area contributed by atoms with Crippen LogP contribution in [0.4, 0.5) is 5.00 Å². The van der Waals surface area contributed by atoms with Gasteiger partial charge in [0.25, 0.3) is 11.8 Å². The van der Waals surface area contributed by atoms with Crippen molar-refractivity contribution in [3.63, 3.8) is 0 Å². The van der Waals surface area contributed by atoms with Gasteiger partial charge in [-0.05, 0) is 44.5 Å². The van der Waals surface area contributed by atoms with Gasteiger partial charge in [0.1, 0.15) is 0 Å². The molecule has 20 heavy (non-hydrogen) atoms. The molecule has 0 aromatic carbocycles. The Morgan fingerprint density at radius 1 is 1.30 bits per heavy atom. The molecule has 2 aromatic rings. The van der Waals surface area contributed by atoms with Gasteiger partial charge in [0.15, 0.2) is 5.76 Å². The highest BCUT2D eigenvalue weighted by atomic mass is 32.1. The average molecular weight is 292 g/mol. The smallest absolute Gasteiger partial charge is 0.291 e. The van der Waals surface area contributed by atoms with Crippen LogP contribution >= 0.6 is 11.3 Å². The maximum absolute atomic E-state index is 12.0. The summed E-state index contributed by atoms with van der Waals surface area (Å²) >= 11 is 1.25. The molecule has 2 N–H and O–H groups in total. The maximum atomic E-state index is 12.0. The van der Waals surface area contributed by atoms with E-state index in [2.05, 4.69) is 10.6 Å². The highest BCUT2D eigenvalue weighted by Gasteiger charge is 2.16. The average Bonchev–Trinajstić information content (AvgIpc) is 2.97. The lowest BCUT2D eigenvalue weighted by Crippen LogP contribution is -2.29. The lowest BCUT2D eigenvalue weighted by molar-refractivity contribution is 0.0945. The summed E-state index contributed by atoms with van der Waals surface area (Å²) in [7, 11) is 0. The molecule has 6 heteroatoms. The van der Waals surface area contributed by atoms with Crippen LogP contribution in [0.1, 0.15) is 39.6 Å². The van der Waals surface area contributed by atoms with Gasteiger partial charge in [0.2, 0.25) is 0 Å². The number of carbonyl (C=O) groups excluding carboxylic acids is 2. The number of hydrogen-bond donors (Lipinski definition) is 2. The van der Waals surface area contributed by atoms with Gasteiger partial charge in [0.05, 0.1) is 16.1 Å². The number of thiophene rings is 1. The fraction of sp³-hybridized carbons (Fsp3) is 0.286. The molecule has 0 aliphatic heterocycles. The van der Waals surface area contributed by atoms with Gasteiger partial charge in [-0.15, -0.1) is 11.3 Å². The summed E-state index contributed by atoms with van der Waals surface area (Å²) in [5, 5.41) is 6.18. The topological polar surface area (TPSA) is 71.3 Å². The van der Waals surface area contributed by atoms with E-state index in [1.165, 1.54) is 17.6 Å². The molecule has 0 radical (unpaired) electrons. The summed E-state index contributed by atoms with van der Waals surface area (Å²) in [6.07, 6.45) is 1.44. The van der Waals surface area contributed by atoms with Crippen molar-refractivity contribution in [3.05, 3.63) is 40.7 Å². The molecule has 2 amide bonds. The minimum absolute atomic E-state index is 0.0742. The Hall–Kier alpha value is -2.08. The predicted molar refractivity (Wildman–Crippen MR) is 78.3 cm³/mol. The van der Waals surface area contributed by atoms with Crippen LogP contribution in [0, 0.1) is 6.92 Å². The molecule has 5 nitrogen and oxygen atoms in total. The fourth-order valence-corrected chi connectivity index (χ4v) is 2.65. The molecule has 2 heterocycles. The summed E-state index contributed by atoms with van der Waals surface area (Å²) in [6, 6.07) is 5.09. The van der Waals surface area contributed by atoms with Gasteiger partial charge in [-0.2, -0.15) is 0 Å². The second kappa shape index (κ2) is 5.92. The number of aryl methyl sites for hydroxylation is 1. The zero-order valence-corrected chi connectivity index (χ0v) is 12.3. The first-order valence-electron chi connectivity index (χ1n) is 6.23. The molecule has 0 bridgehead atoms. The van der Waals surface area contributed by atoms with E-state index in [-0.39, 0.29) is 23.6 Å². The third-order valence-corrected chi connectivity index (χ3v) is 3.68. The van der Waals surface area contributed by atoms with Crippen LogP contribution in [0.5, 0.6) is 0 Å². The second-order valence-electron chi connectivity index (χ2n) is 4.68. The number of carbonyl (C=O) groups is 2. The molecule has 0 saturated heterocycles. The molecular weight excluding hydrogens is 276 g/mol. The van der Waals surface area contributed by atoms with Crippen LogP contribution in [-0.2, 0) is 0 Å². The maximum Gasteiger partial charge on any atom is 0.291 e. The Kier molecular flexibility index (Phi) is 4.24. The Morgan fingerprint density at radius 2 is 2.05 bits per heavy atom. The summed E-state index contributed by atoms with van der Waals surface area (Å²) in [4.78, 5) is 24.4. The van der Waals surface area contributed by atoms with Crippen molar-refractivity contribution in [2.45, 2.75) is 26.8 Å². The molecule has 0 aliphatic rings. The van der Waals surface area contributed by atoms with E-state index in [1.54, 1.807) is 18.2 Å². The van der Waals surface area contributed by atoms with Crippen molar-refractivity contribution in [3.8, 4) is 0 Å². The first-order valence-corrected chi connectivity index (χ1v) is 7.05. The van der Waals surface area contributed by atoms with Crippen LogP contribution in [0.15, 0.2) is 28.9 Å². The van der Waals surface area contributed by atoms with E-state index in [9.17, 15) is 9.59 Å². The standard InChI is InChI=1S/C14H16N2O3S/c1-8(2)15-14(18)12-9(3)7-11(20-12)16-13(17)10-5-4-6-19-10/h4-8H,1-3H3,(H,15,18)(H,16,17).